The lowest BCUT2D eigenvalue weighted by Gasteiger charge is -2.26. The summed E-state index contributed by atoms with van der Waals surface area (Å²) in [6, 6.07) is 10.6. The number of hydrogen-bond donors (Lipinski definition) is 2. The molecule has 0 saturated heterocycles. The third kappa shape index (κ3) is 7.11. The minimum absolute atomic E-state index is 0.0479. The Morgan fingerprint density at radius 3 is 2.17 bits per heavy atom. The summed E-state index contributed by atoms with van der Waals surface area (Å²) >= 11 is 0. The first-order valence-electron chi connectivity index (χ1n) is 12.7. The molecule has 2 aromatic carbocycles. The second-order valence-corrected chi connectivity index (χ2v) is 9.27. The van der Waals surface area contributed by atoms with Crippen LogP contribution in [0.25, 0.3) is 11.3 Å². The van der Waals surface area contributed by atoms with Gasteiger partial charge in [-0.1, -0.05) is 24.8 Å². The van der Waals surface area contributed by atoms with Crippen LogP contribution in [0.3, 0.4) is 0 Å². The average molecular weight is 579 g/mol. The zero-order valence-corrected chi connectivity index (χ0v) is 24.1. The molecule has 4 rings (SSSR count). The zero-order valence-electron chi connectivity index (χ0n) is 24.1. The number of carbonyl (C=O) groups is 2. The standard InChI is InChI=1S/C19H20O6.C12H14N2O3/c1-4-7-25-16-9-12(5-6-15(16)24-3)13-8-14(17(20)21)11-19(2,10-13)18(22)23;1-15-10-7-9(14-6-4-5-13-14)8-11(16-2)12(10)17-3/h4-6,8-10H,1,7,11H2,2-3H3,(H,20,21)(H,22,23);4-8H,1-3H3. The molecule has 1 aliphatic rings. The maximum absolute atomic E-state index is 11.6. The van der Waals surface area contributed by atoms with Crippen molar-refractivity contribution in [2.75, 3.05) is 35.0 Å². The summed E-state index contributed by atoms with van der Waals surface area (Å²) in [5.41, 5.74) is 0.765. The van der Waals surface area contributed by atoms with Gasteiger partial charge in [0.05, 0.1) is 39.5 Å². The summed E-state index contributed by atoms with van der Waals surface area (Å²) in [4.78, 5) is 23.0. The van der Waals surface area contributed by atoms with E-state index in [4.69, 9.17) is 23.7 Å². The second-order valence-electron chi connectivity index (χ2n) is 9.27. The van der Waals surface area contributed by atoms with Crippen LogP contribution in [0.4, 0.5) is 0 Å². The molecule has 0 fully saturated rings. The van der Waals surface area contributed by atoms with Gasteiger partial charge in [0.2, 0.25) is 5.75 Å². The first kappa shape index (κ1) is 31.3. The van der Waals surface area contributed by atoms with Crippen LogP contribution in [0.1, 0.15) is 18.9 Å². The highest BCUT2D eigenvalue weighted by Gasteiger charge is 2.36. The van der Waals surface area contributed by atoms with Crippen LogP contribution in [0.5, 0.6) is 28.7 Å². The van der Waals surface area contributed by atoms with Crippen molar-refractivity contribution in [1.82, 2.24) is 9.78 Å². The molecule has 0 spiro atoms. The molecule has 1 aliphatic carbocycles. The van der Waals surface area contributed by atoms with Crippen molar-refractivity contribution in [2.45, 2.75) is 13.3 Å². The third-order valence-corrected chi connectivity index (χ3v) is 6.40. The van der Waals surface area contributed by atoms with E-state index in [2.05, 4.69) is 11.7 Å². The van der Waals surface area contributed by atoms with E-state index in [1.807, 2.05) is 24.4 Å². The van der Waals surface area contributed by atoms with Crippen LogP contribution >= 0.6 is 0 Å². The summed E-state index contributed by atoms with van der Waals surface area (Å²) in [5.74, 6) is 0.572. The van der Waals surface area contributed by atoms with Crippen LogP contribution in [0, 0.1) is 5.41 Å². The Morgan fingerprint density at radius 1 is 1.00 bits per heavy atom. The molecule has 1 heterocycles. The molecule has 0 aliphatic heterocycles. The molecule has 42 heavy (non-hydrogen) atoms. The van der Waals surface area contributed by atoms with Gasteiger partial charge in [0.25, 0.3) is 0 Å². The summed E-state index contributed by atoms with van der Waals surface area (Å²) in [6.07, 6.45) is 8.14. The summed E-state index contributed by atoms with van der Waals surface area (Å²) in [5, 5.41) is 23.0. The Balaban J connectivity index is 0.000000247. The van der Waals surface area contributed by atoms with Gasteiger partial charge in [-0.05, 0) is 48.8 Å². The number of carboxylic acids is 2. The maximum atomic E-state index is 11.6. The van der Waals surface area contributed by atoms with Gasteiger partial charge in [-0.3, -0.25) is 4.79 Å². The number of hydrogen-bond acceptors (Lipinski definition) is 8. The van der Waals surface area contributed by atoms with Gasteiger partial charge in [-0.15, -0.1) is 0 Å². The lowest BCUT2D eigenvalue weighted by atomic mass is 9.76. The second kappa shape index (κ2) is 13.9. The molecule has 0 radical (unpaired) electrons. The highest BCUT2D eigenvalue weighted by Crippen LogP contribution is 2.40. The maximum Gasteiger partial charge on any atom is 0.331 e. The number of aliphatic carboxylic acids is 2. The van der Waals surface area contributed by atoms with Crippen molar-refractivity contribution in [3.63, 3.8) is 0 Å². The predicted octanol–water partition coefficient (Wildman–Crippen LogP) is 5.05. The van der Waals surface area contributed by atoms with Crippen molar-refractivity contribution in [3.8, 4) is 34.4 Å². The van der Waals surface area contributed by atoms with Gasteiger partial charge in [-0.25, -0.2) is 9.48 Å². The van der Waals surface area contributed by atoms with Crippen molar-refractivity contribution >= 4 is 17.5 Å². The molecule has 1 atom stereocenters. The quantitative estimate of drug-likeness (QED) is 0.297. The van der Waals surface area contributed by atoms with Gasteiger partial charge in [-0.2, -0.15) is 5.10 Å². The fraction of sp³-hybridized carbons (Fsp3) is 0.258. The number of nitrogens with zero attached hydrogens (tertiary/aromatic N) is 2. The summed E-state index contributed by atoms with van der Waals surface area (Å²) in [6.45, 7) is 5.38. The number of allylic oxidation sites excluding steroid dienone is 2. The fourth-order valence-electron chi connectivity index (χ4n) is 4.25. The van der Waals surface area contributed by atoms with E-state index in [1.54, 1.807) is 62.6 Å². The van der Waals surface area contributed by atoms with Gasteiger partial charge in [0.1, 0.15) is 6.61 Å². The largest absolute Gasteiger partial charge is 0.493 e. The number of carboxylic acid groups (broad SMARTS) is 2. The topological polar surface area (TPSA) is 139 Å². The monoisotopic (exact) mass is 578 g/mol. The van der Waals surface area contributed by atoms with Crippen molar-refractivity contribution in [1.29, 1.82) is 0 Å². The third-order valence-electron chi connectivity index (χ3n) is 6.40. The number of rotatable bonds is 11. The fourth-order valence-corrected chi connectivity index (χ4v) is 4.25. The number of benzene rings is 2. The molecule has 0 amide bonds. The van der Waals surface area contributed by atoms with Gasteiger partial charge < -0.3 is 33.9 Å². The average Bonchev–Trinajstić information content (AvgIpc) is 3.54. The normalized spacial score (nSPS) is 15.6. The zero-order chi connectivity index (χ0) is 30.9. The first-order valence-corrected chi connectivity index (χ1v) is 12.7. The molecule has 11 nitrogen and oxygen atoms in total. The van der Waals surface area contributed by atoms with Crippen molar-refractivity contribution < 1.29 is 43.5 Å². The Hall–Kier alpha value is -5.19. The molecular weight excluding hydrogens is 544 g/mol. The van der Waals surface area contributed by atoms with Crippen LogP contribution in [0.15, 0.2) is 79.2 Å². The molecule has 222 valence electrons. The Bertz CT molecular complexity index is 1470. The summed E-state index contributed by atoms with van der Waals surface area (Å²) in [7, 11) is 6.27. The molecule has 0 saturated carbocycles. The van der Waals surface area contributed by atoms with E-state index in [0.717, 1.165) is 5.69 Å². The molecule has 11 heteroatoms. The molecule has 1 aromatic heterocycles. The van der Waals surface area contributed by atoms with E-state index < -0.39 is 17.4 Å². The SMILES string of the molecule is C=CCOc1cc(C2=CC(C)(C(=O)O)CC(C(=O)O)=C2)ccc1OC.COc1cc(-n2cccn2)cc(OC)c1OC. The van der Waals surface area contributed by atoms with E-state index in [-0.39, 0.29) is 18.6 Å². The van der Waals surface area contributed by atoms with E-state index in [9.17, 15) is 19.8 Å². The smallest absolute Gasteiger partial charge is 0.331 e. The highest BCUT2D eigenvalue weighted by atomic mass is 16.5. The van der Waals surface area contributed by atoms with Gasteiger partial charge in [0.15, 0.2) is 23.0 Å². The van der Waals surface area contributed by atoms with Crippen molar-refractivity contribution in [2.24, 2.45) is 5.41 Å². The number of ether oxygens (including phenoxy) is 5. The minimum atomic E-state index is -1.29. The lowest BCUT2D eigenvalue weighted by Crippen LogP contribution is -2.29. The Morgan fingerprint density at radius 2 is 1.67 bits per heavy atom. The molecule has 0 bridgehead atoms. The molecular formula is C31H34N2O9. The van der Waals surface area contributed by atoms with E-state index in [1.165, 1.54) is 20.1 Å². The van der Waals surface area contributed by atoms with Crippen LogP contribution in [-0.2, 0) is 9.59 Å². The highest BCUT2D eigenvalue weighted by molar-refractivity contribution is 5.96. The number of methoxy groups -OCH3 is 4. The van der Waals surface area contributed by atoms with Crippen LogP contribution in [0.2, 0.25) is 0 Å². The Labute approximate surface area is 243 Å². The van der Waals surface area contributed by atoms with Crippen LogP contribution < -0.4 is 23.7 Å². The predicted molar refractivity (Wildman–Crippen MR) is 156 cm³/mol. The van der Waals surface area contributed by atoms with E-state index >= 15 is 0 Å². The van der Waals surface area contributed by atoms with Gasteiger partial charge >= 0.3 is 11.9 Å². The minimum Gasteiger partial charge on any atom is -0.493 e. The van der Waals surface area contributed by atoms with E-state index in [0.29, 0.717) is 39.9 Å². The first-order chi connectivity index (χ1) is 20.1. The van der Waals surface area contributed by atoms with Crippen LogP contribution in [-0.4, -0.2) is 67.0 Å². The lowest BCUT2D eigenvalue weighted by molar-refractivity contribution is -0.145. The Kier molecular flexibility index (Phi) is 10.4. The van der Waals surface area contributed by atoms with Crippen molar-refractivity contribution in [3.05, 3.63) is 84.7 Å². The molecule has 3 aromatic rings. The molecule has 1 unspecified atom stereocenters. The van der Waals surface area contributed by atoms with Gasteiger partial charge in [0, 0.05) is 30.1 Å². The number of aromatic nitrogens is 2. The summed E-state index contributed by atoms with van der Waals surface area (Å²) < 4.78 is 28.3. The molecule has 2 N–H and O–H groups in total.